The molecule has 6 nitrogen and oxygen atoms in total. The lowest BCUT2D eigenvalue weighted by Gasteiger charge is -2.18. The summed E-state index contributed by atoms with van der Waals surface area (Å²) in [5.41, 5.74) is 0. The second kappa shape index (κ2) is 56.0. The van der Waals surface area contributed by atoms with Crippen LogP contribution in [0.25, 0.3) is 0 Å². The van der Waals surface area contributed by atoms with Crippen LogP contribution in [0.15, 0.2) is 48.6 Å². The zero-order valence-electron chi connectivity index (χ0n) is 44.7. The number of carbonyl (C=O) groups excluding carboxylic acids is 3. The van der Waals surface area contributed by atoms with Gasteiger partial charge in [0.25, 0.3) is 0 Å². The van der Waals surface area contributed by atoms with Gasteiger partial charge in [-0.2, -0.15) is 0 Å². The maximum absolute atomic E-state index is 12.8. The second-order valence-corrected chi connectivity index (χ2v) is 19.5. The van der Waals surface area contributed by atoms with E-state index in [4.69, 9.17) is 14.2 Å². The Bertz CT molecular complexity index is 1170. The average molecular weight is 940 g/mol. The Morgan fingerprint density at radius 1 is 0.299 bits per heavy atom. The van der Waals surface area contributed by atoms with Gasteiger partial charge in [-0.15, -0.1) is 0 Å². The van der Waals surface area contributed by atoms with Crippen molar-refractivity contribution in [3.63, 3.8) is 0 Å². The van der Waals surface area contributed by atoms with Crippen LogP contribution in [0.2, 0.25) is 0 Å². The van der Waals surface area contributed by atoms with Crippen molar-refractivity contribution in [3.8, 4) is 0 Å². The average Bonchev–Trinajstić information content (AvgIpc) is 3.33. The number of hydrogen-bond donors (Lipinski definition) is 0. The third kappa shape index (κ3) is 54.2. The SMILES string of the molecule is CCCCCCCC/C=C/C/C=C/CCC(=O)OCC(COC(=O)CCCCCCC/C=C/CCCCCCCCCCC)OC(=O)CCCCCCC/C=C/CCCCCCCCCCC. The molecular weight excluding hydrogens is 829 g/mol. The molecule has 0 aromatic carbocycles. The van der Waals surface area contributed by atoms with Crippen LogP contribution in [-0.2, 0) is 28.6 Å². The minimum Gasteiger partial charge on any atom is -0.462 e. The number of rotatable bonds is 53. The van der Waals surface area contributed by atoms with Crippen LogP contribution in [0.5, 0.6) is 0 Å². The first-order valence-electron chi connectivity index (χ1n) is 29.1. The molecule has 0 fully saturated rings. The first-order valence-corrected chi connectivity index (χ1v) is 29.1. The van der Waals surface area contributed by atoms with Gasteiger partial charge in [0.1, 0.15) is 13.2 Å². The van der Waals surface area contributed by atoms with Crippen LogP contribution >= 0.6 is 0 Å². The molecule has 0 aromatic heterocycles. The fraction of sp³-hybridized carbons (Fsp3) is 0.820. The van der Waals surface area contributed by atoms with Gasteiger partial charge in [-0.05, 0) is 89.9 Å². The van der Waals surface area contributed by atoms with Gasteiger partial charge in [0.05, 0.1) is 0 Å². The van der Waals surface area contributed by atoms with Crippen LogP contribution in [0.3, 0.4) is 0 Å². The molecule has 1 atom stereocenters. The highest BCUT2D eigenvalue weighted by Crippen LogP contribution is 2.15. The summed E-state index contributed by atoms with van der Waals surface area (Å²) in [6.45, 7) is 6.60. The quantitative estimate of drug-likeness (QED) is 0.0262. The smallest absolute Gasteiger partial charge is 0.306 e. The Balaban J connectivity index is 4.41. The molecule has 390 valence electrons. The normalized spacial score (nSPS) is 12.3. The van der Waals surface area contributed by atoms with Crippen molar-refractivity contribution in [2.45, 2.75) is 309 Å². The Kier molecular flexibility index (Phi) is 53.8. The van der Waals surface area contributed by atoms with Crippen LogP contribution < -0.4 is 0 Å². The van der Waals surface area contributed by atoms with Crippen molar-refractivity contribution in [2.24, 2.45) is 0 Å². The van der Waals surface area contributed by atoms with E-state index in [0.717, 1.165) is 70.6 Å². The van der Waals surface area contributed by atoms with Gasteiger partial charge in [0.2, 0.25) is 0 Å². The van der Waals surface area contributed by atoms with Crippen LogP contribution in [0.1, 0.15) is 303 Å². The van der Waals surface area contributed by atoms with E-state index in [1.165, 1.54) is 186 Å². The molecule has 0 saturated heterocycles. The molecule has 0 saturated carbocycles. The molecule has 0 aliphatic rings. The lowest BCUT2D eigenvalue weighted by molar-refractivity contribution is -0.166. The maximum atomic E-state index is 12.8. The molecule has 67 heavy (non-hydrogen) atoms. The Morgan fingerprint density at radius 3 is 0.925 bits per heavy atom. The van der Waals surface area contributed by atoms with E-state index >= 15 is 0 Å². The highest BCUT2D eigenvalue weighted by Gasteiger charge is 2.19. The summed E-state index contributed by atoms with van der Waals surface area (Å²) in [6, 6.07) is 0. The van der Waals surface area contributed by atoms with Gasteiger partial charge in [-0.25, -0.2) is 0 Å². The molecule has 0 spiro atoms. The molecule has 0 amide bonds. The first-order chi connectivity index (χ1) is 33.0. The number of hydrogen-bond acceptors (Lipinski definition) is 6. The fourth-order valence-corrected chi connectivity index (χ4v) is 8.37. The maximum Gasteiger partial charge on any atom is 0.306 e. The molecule has 0 bridgehead atoms. The molecule has 0 radical (unpaired) electrons. The number of esters is 3. The summed E-state index contributed by atoms with van der Waals surface area (Å²) in [6.07, 6.45) is 68.3. The number of unbranched alkanes of at least 4 members (excludes halogenated alkanes) is 34. The van der Waals surface area contributed by atoms with Crippen molar-refractivity contribution in [2.75, 3.05) is 13.2 Å². The second-order valence-electron chi connectivity index (χ2n) is 19.5. The van der Waals surface area contributed by atoms with Crippen molar-refractivity contribution in [3.05, 3.63) is 48.6 Å². The van der Waals surface area contributed by atoms with E-state index in [0.29, 0.717) is 19.3 Å². The lowest BCUT2D eigenvalue weighted by Crippen LogP contribution is -2.30. The zero-order chi connectivity index (χ0) is 48.6. The lowest BCUT2D eigenvalue weighted by atomic mass is 10.1. The van der Waals surface area contributed by atoms with Gasteiger partial charge >= 0.3 is 17.9 Å². The summed E-state index contributed by atoms with van der Waals surface area (Å²) in [7, 11) is 0. The summed E-state index contributed by atoms with van der Waals surface area (Å²) >= 11 is 0. The highest BCUT2D eigenvalue weighted by molar-refractivity contribution is 5.71. The Labute approximate surface area is 416 Å². The van der Waals surface area contributed by atoms with Crippen LogP contribution in [-0.4, -0.2) is 37.2 Å². The van der Waals surface area contributed by atoms with E-state index in [1.807, 2.05) is 6.08 Å². The predicted octanol–water partition coefficient (Wildman–Crippen LogP) is 19.4. The Hall–Kier alpha value is -2.63. The van der Waals surface area contributed by atoms with E-state index in [-0.39, 0.29) is 37.5 Å². The standard InChI is InChI=1S/C61H110O6/c1-4-7-10-13-16-19-22-25-27-29-31-33-36-39-42-45-48-51-54-60(63)66-57-58(56-65-59(62)53-50-47-44-41-38-35-24-21-18-15-12-9-6-3)67-61(64)55-52-49-46-43-40-37-34-32-30-28-26-23-20-17-14-11-8-5-2/h31-35,38,44,47,58H,4-30,36-37,39-43,45-46,48-57H2,1-3H3/b33-31+,34-32+,38-35+,47-44+. The summed E-state index contributed by atoms with van der Waals surface area (Å²) < 4.78 is 16.8. The predicted molar refractivity (Wildman–Crippen MR) is 289 cm³/mol. The number of allylic oxidation sites excluding steroid dienone is 8. The van der Waals surface area contributed by atoms with Gasteiger partial charge in [0, 0.05) is 19.3 Å². The first kappa shape index (κ1) is 64.4. The molecule has 0 aromatic rings. The largest absolute Gasteiger partial charge is 0.462 e. The monoisotopic (exact) mass is 939 g/mol. The van der Waals surface area contributed by atoms with Gasteiger partial charge in [-0.1, -0.05) is 243 Å². The molecule has 0 rings (SSSR count). The molecule has 0 N–H and O–H groups in total. The van der Waals surface area contributed by atoms with E-state index in [2.05, 4.69) is 63.3 Å². The van der Waals surface area contributed by atoms with Crippen LogP contribution in [0.4, 0.5) is 0 Å². The van der Waals surface area contributed by atoms with Crippen molar-refractivity contribution in [1.82, 2.24) is 0 Å². The third-order valence-electron chi connectivity index (χ3n) is 12.8. The summed E-state index contributed by atoms with van der Waals surface area (Å²) in [5.74, 6) is -0.970. The van der Waals surface area contributed by atoms with E-state index in [9.17, 15) is 14.4 Å². The fourth-order valence-electron chi connectivity index (χ4n) is 8.37. The number of ether oxygens (including phenoxy) is 3. The molecule has 1 unspecified atom stereocenters. The van der Waals surface area contributed by atoms with Gasteiger partial charge < -0.3 is 14.2 Å². The Morgan fingerprint density at radius 2 is 0.567 bits per heavy atom. The molecule has 0 aliphatic carbocycles. The molecule has 0 heterocycles. The molecule has 0 aliphatic heterocycles. The van der Waals surface area contributed by atoms with Gasteiger partial charge in [-0.3, -0.25) is 14.4 Å². The zero-order valence-corrected chi connectivity index (χ0v) is 44.7. The van der Waals surface area contributed by atoms with Crippen molar-refractivity contribution in [1.29, 1.82) is 0 Å². The molecule has 6 heteroatoms. The third-order valence-corrected chi connectivity index (χ3v) is 12.8. The van der Waals surface area contributed by atoms with E-state index in [1.54, 1.807) is 0 Å². The van der Waals surface area contributed by atoms with Crippen LogP contribution in [0, 0.1) is 0 Å². The van der Waals surface area contributed by atoms with Gasteiger partial charge in [0.15, 0.2) is 6.10 Å². The minimum atomic E-state index is -0.802. The highest BCUT2D eigenvalue weighted by atomic mass is 16.6. The molecular formula is C61H110O6. The summed E-state index contributed by atoms with van der Waals surface area (Å²) in [5, 5.41) is 0. The minimum absolute atomic E-state index is 0.0964. The van der Waals surface area contributed by atoms with Crippen molar-refractivity contribution >= 4 is 17.9 Å². The van der Waals surface area contributed by atoms with E-state index < -0.39 is 6.10 Å². The van der Waals surface area contributed by atoms with Crippen molar-refractivity contribution < 1.29 is 28.6 Å². The number of carbonyl (C=O) groups is 3. The topological polar surface area (TPSA) is 78.9 Å². The summed E-state index contributed by atoms with van der Waals surface area (Å²) in [4.78, 5) is 38.1.